The number of aromatic nitrogens is 2. The van der Waals surface area contributed by atoms with E-state index in [0.717, 1.165) is 9.90 Å². The number of primary amides is 1. The van der Waals surface area contributed by atoms with Gasteiger partial charge in [0.25, 0.3) is 0 Å². The van der Waals surface area contributed by atoms with Crippen LogP contribution in [-0.2, 0) is 10.5 Å². The predicted molar refractivity (Wildman–Crippen MR) is 82.3 cm³/mol. The van der Waals surface area contributed by atoms with Gasteiger partial charge in [-0.15, -0.1) is 10.2 Å². The number of amides is 1. The van der Waals surface area contributed by atoms with Crippen molar-refractivity contribution in [1.82, 2.24) is 10.2 Å². The molecule has 2 N–H and O–H groups in total. The molecule has 21 heavy (non-hydrogen) atoms. The lowest BCUT2D eigenvalue weighted by atomic mass is 10.2. The number of benzene rings is 1. The normalized spacial score (nSPS) is 10.6. The summed E-state index contributed by atoms with van der Waals surface area (Å²) in [5.41, 5.74) is 5.82. The van der Waals surface area contributed by atoms with E-state index in [1.165, 1.54) is 47.0 Å². The molecule has 1 amide bonds. The van der Waals surface area contributed by atoms with E-state index in [1.807, 2.05) is 0 Å². The van der Waals surface area contributed by atoms with Crippen LogP contribution in [0.1, 0.15) is 5.56 Å². The third-order valence-electron chi connectivity index (χ3n) is 2.32. The van der Waals surface area contributed by atoms with E-state index in [4.69, 9.17) is 10.5 Å². The predicted octanol–water partition coefficient (Wildman–Crippen LogP) is 2.56. The Morgan fingerprint density at radius 3 is 2.76 bits per heavy atom. The highest BCUT2D eigenvalue weighted by Gasteiger charge is 2.10. The molecule has 0 fully saturated rings. The van der Waals surface area contributed by atoms with Crippen LogP contribution in [0.5, 0.6) is 5.75 Å². The standard InChI is InChI=1S/C12H12FN3O2S3/c1-18-9-3-2-8(13)4-7(9)5-19-11-15-16-12(21-11)20-6-10(14)17/h2-4H,5-6H2,1H3,(H2,14,17). The van der Waals surface area contributed by atoms with Gasteiger partial charge in [-0.05, 0) is 18.2 Å². The van der Waals surface area contributed by atoms with Crippen LogP contribution in [0.2, 0.25) is 0 Å². The van der Waals surface area contributed by atoms with Crippen LogP contribution in [0.25, 0.3) is 0 Å². The van der Waals surface area contributed by atoms with E-state index >= 15 is 0 Å². The van der Waals surface area contributed by atoms with Crippen molar-refractivity contribution in [3.63, 3.8) is 0 Å². The average Bonchev–Trinajstić information content (AvgIpc) is 2.91. The highest BCUT2D eigenvalue weighted by atomic mass is 32.2. The van der Waals surface area contributed by atoms with Gasteiger partial charge in [0.05, 0.1) is 12.9 Å². The Kier molecular flexibility index (Phi) is 5.83. The van der Waals surface area contributed by atoms with Gasteiger partial charge in [0.15, 0.2) is 8.68 Å². The maximum atomic E-state index is 13.3. The van der Waals surface area contributed by atoms with Gasteiger partial charge >= 0.3 is 0 Å². The SMILES string of the molecule is COc1ccc(F)cc1CSc1nnc(SCC(N)=O)s1. The number of methoxy groups -OCH3 is 1. The van der Waals surface area contributed by atoms with E-state index in [9.17, 15) is 9.18 Å². The van der Waals surface area contributed by atoms with Gasteiger partial charge in [-0.2, -0.15) is 0 Å². The van der Waals surface area contributed by atoms with E-state index in [1.54, 1.807) is 13.2 Å². The number of ether oxygens (including phenoxy) is 1. The third kappa shape index (κ3) is 4.87. The van der Waals surface area contributed by atoms with E-state index < -0.39 is 5.91 Å². The van der Waals surface area contributed by atoms with Crippen LogP contribution in [0.3, 0.4) is 0 Å². The first-order valence-electron chi connectivity index (χ1n) is 5.78. The monoisotopic (exact) mass is 345 g/mol. The smallest absolute Gasteiger partial charge is 0.227 e. The number of hydrogen-bond acceptors (Lipinski definition) is 7. The van der Waals surface area contributed by atoms with Crippen molar-refractivity contribution < 1.29 is 13.9 Å². The first kappa shape index (κ1) is 16.1. The topological polar surface area (TPSA) is 78.1 Å². The van der Waals surface area contributed by atoms with E-state index in [2.05, 4.69) is 10.2 Å². The summed E-state index contributed by atoms with van der Waals surface area (Å²) in [6.45, 7) is 0. The molecule has 0 atom stereocenters. The number of nitrogens with two attached hydrogens (primary N) is 1. The van der Waals surface area contributed by atoms with Gasteiger partial charge in [-0.3, -0.25) is 4.79 Å². The molecule has 9 heteroatoms. The van der Waals surface area contributed by atoms with Crippen molar-refractivity contribution >= 4 is 40.8 Å². The summed E-state index contributed by atoms with van der Waals surface area (Å²) in [6.07, 6.45) is 0. The number of carbonyl (C=O) groups excluding carboxylic acids is 1. The zero-order chi connectivity index (χ0) is 15.2. The third-order valence-corrected chi connectivity index (χ3v) is 5.58. The van der Waals surface area contributed by atoms with Crippen LogP contribution in [0.15, 0.2) is 26.9 Å². The molecule has 0 bridgehead atoms. The lowest BCUT2D eigenvalue weighted by Gasteiger charge is -2.06. The quantitative estimate of drug-likeness (QED) is 0.777. The Bertz CT molecular complexity index is 636. The van der Waals surface area contributed by atoms with Crippen LogP contribution < -0.4 is 10.5 Å². The molecule has 112 valence electrons. The fraction of sp³-hybridized carbons (Fsp3) is 0.250. The molecule has 0 unspecified atom stereocenters. The number of carbonyl (C=O) groups is 1. The molecule has 0 radical (unpaired) electrons. The Labute approximate surface area is 133 Å². The highest BCUT2D eigenvalue weighted by Crippen LogP contribution is 2.32. The molecule has 1 aromatic heterocycles. The minimum Gasteiger partial charge on any atom is -0.496 e. The Balaban J connectivity index is 1.97. The molecule has 1 heterocycles. The van der Waals surface area contributed by atoms with Crippen molar-refractivity contribution in [1.29, 1.82) is 0 Å². The summed E-state index contributed by atoms with van der Waals surface area (Å²) in [5, 5.41) is 7.97. The molecular formula is C12H12FN3O2S3. The number of thioether (sulfide) groups is 2. The minimum atomic E-state index is -0.395. The van der Waals surface area contributed by atoms with Gasteiger partial charge in [0, 0.05) is 11.3 Å². The second kappa shape index (κ2) is 7.62. The van der Waals surface area contributed by atoms with Gasteiger partial charge in [-0.1, -0.05) is 34.9 Å². The number of hydrogen-bond donors (Lipinski definition) is 1. The zero-order valence-electron chi connectivity index (χ0n) is 11.0. The van der Waals surface area contributed by atoms with Crippen LogP contribution >= 0.6 is 34.9 Å². The molecule has 5 nitrogen and oxygen atoms in total. The molecule has 2 aromatic rings. The molecule has 0 spiro atoms. The summed E-state index contributed by atoms with van der Waals surface area (Å²) in [4.78, 5) is 10.7. The summed E-state index contributed by atoms with van der Waals surface area (Å²) in [7, 11) is 1.55. The Hall–Kier alpha value is -1.32. The van der Waals surface area contributed by atoms with Crippen LogP contribution in [0.4, 0.5) is 4.39 Å². The number of halogens is 1. The molecule has 2 rings (SSSR count). The van der Waals surface area contributed by atoms with Crippen molar-refractivity contribution in [2.45, 2.75) is 14.4 Å². The summed E-state index contributed by atoms with van der Waals surface area (Å²) < 4.78 is 19.9. The lowest BCUT2D eigenvalue weighted by molar-refractivity contribution is -0.115. The van der Waals surface area contributed by atoms with E-state index in [-0.39, 0.29) is 11.6 Å². The second-order valence-electron chi connectivity index (χ2n) is 3.83. The zero-order valence-corrected chi connectivity index (χ0v) is 13.5. The maximum Gasteiger partial charge on any atom is 0.227 e. The fourth-order valence-electron chi connectivity index (χ4n) is 1.45. The van der Waals surface area contributed by atoms with Crippen molar-refractivity contribution in [2.75, 3.05) is 12.9 Å². The Morgan fingerprint density at radius 2 is 2.10 bits per heavy atom. The van der Waals surface area contributed by atoms with Crippen molar-refractivity contribution in [2.24, 2.45) is 5.73 Å². The minimum absolute atomic E-state index is 0.178. The average molecular weight is 345 g/mol. The van der Waals surface area contributed by atoms with E-state index in [0.29, 0.717) is 15.8 Å². The summed E-state index contributed by atoms with van der Waals surface area (Å²) >= 11 is 4.06. The molecule has 1 aromatic carbocycles. The first-order chi connectivity index (χ1) is 10.1. The number of nitrogens with zero attached hydrogens (tertiary/aromatic N) is 2. The molecule has 0 aliphatic heterocycles. The molecule has 0 saturated heterocycles. The largest absolute Gasteiger partial charge is 0.496 e. The second-order valence-corrected chi connectivity index (χ2v) is 7.26. The molecular weight excluding hydrogens is 333 g/mol. The molecule has 0 aliphatic carbocycles. The van der Waals surface area contributed by atoms with Gasteiger partial charge in [0.1, 0.15) is 11.6 Å². The van der Waals surface area contributed by atoms with Gasteiger partial charge in [0.2, 0.25) is 5.91 Å². The maximum absolute atomic E-state index is 13.3. The van der Waals surface area contributed by atoms with Crippen molar-refractivity contribution in [3.05, 3.63) is 29.6 Å². The molecule has 0 aliphatic rings. The summed E-state index contributed by atoms with van der Waals surface area (Å²) in [6, 6.07) is 4.39. The first-order valence-corrected chi connectivity index (χ1v) is 8.57. The fourth-order valence-corrected chi connectivity index (χ4v) is 4.18. The highest BCUT2D eigenvalue weighted by molar-refractivity contribution is 8.03. The number of rotatable bonds is 7. The van der Waals surface area contributed by atoms with Gasteiger partial charge in [-0.25, -0.2) is 4.39 Å². The lowest BCUT2D eigenvalue weighted by Crippen LogP contribution is -2.12. The molecule has 0 saturated carbocycles. The van der Waals surface area contributed by atoms with Gasteiger partial charge < -0.3 is 10.5 Å². The van der Waals surface area contributed by atoms with Crippen LogP contribution in [0, 0.1) is 5.82 Å². The van der Waals surface area contributed by atoms with Crippen LogP contribution in [-0.4, -0.2) is 29.0 Å². The summed E-state index contributed by atoms with van der Waals surface area (Å²) in [5.74, 6) is 0.639. The van der Waals surface area contributed by atoms with Crippen molar-refractivity contribution in [3.8, 4) is 5.75 Å². The Morgan fingerprint density at radius 1 is 1.38 bits per heavy atom.